The van der Waals surface area contributed by atoms with Crippen molar-refractivity contribution in [1.82, 2.24) is 20.9 Å². The van der Waals surface area contributed by atoms with Gasteiger partial charge in [-0.05, 0) is 31.5 Å². The van der Waals surface area contributed by atoms with Gasteiger partial charge in [-0.25, -0.2) is 4.79 Å². The molecular weight excluding hydrogens is 318 g/mol. The first-order valence-corrected chi connectivity index (χ1v) is 9.07. The lowest BCUT2D eigenvalue weighted by atomic mass is 10.2. The predicted molar refractivity (Wildman–Crippen MR) is 97.7 cm³/mol. The molecule has 136 valence electrons. The number of urea groups is 1. The maximum Gasteiger partial charge on any atom is 0.315 e. The minimum absolute atomic E-state index is 0.102. The van der Waals surface area contributed by atoms with E-state index in [1.54, 1.807) is 0 Å². The van der Waals surface area contributed by atoms with E-state index < -0.39 is 6.04 Å². The van der Waals surface area contributed by atoms with Crippen LogP contribution in [0.25, 0.3) is 0 Å². The van der Waals surface area contributed by atoms with Gasteiger partial charge in [-0.3, -0.25) is 9.69 Å². The lowest BCUT2D eigenvalue weighted by Crippen LogP contribution is -2.46. The first-order valence-electron chi connectivity index (χ1n) is 9.07. The highest BCUT2D eigenvalue weighted by Crippen LogP contribution is 2.15. The fourth-order valence-corrected chi connectivity index (χ4v) is 3.28. The summed E-state index contributed by atoms with van der Waals surface area (Å²) in [5.74, 6) is -0.102. The zero-order chi connectivity index (χ0) is 17.5. The zero-order valence-electron chi connectivity index (χ0n) is 14.5. The van der Waals surface area contributed by atoms with Crippen molar-refractivity contribution in [3.8, 4) is 0 Å². The molecule has 2 aliphatic heterocycles. The van der Waals surface area contributed by atoms with Crippen molar-refractivity contribution in [3.05, 3.63) is 30.3 Å². The van der Waals surface area contributed by atoms with Crippen molar-refractivity contribution in [2.45, 2.75) is 18.9 Å². The van der Waals surface area contributed by atoms with Crippen LogP contribution in [0.3, 0.4) is 0 Å². The molecule has 2 saturated heterocycles. The molecule has 0 aliphatic carbocycles. The molecule has 3 amide bonds. The van der Waals surface area contributed by atoms with Gasteiger partial charge in [0.1, 0.15) is 6.04 Å². The standard InChI is InChI=1S/C18H27N5O2/c24-17(16-14-20-18(25)21-16)19-8-4-5-9-22-10-12-23(13-11-22)15-6-2-1-3-7-15/h1-3,6-7,16H,4-5,8-14H2,(H,19,24)(H2,20,21,25). The second-order valence-corrected chi connectivity index (χ2v) is 6.57. The highest BCUT2D eigenvalue weighted by molar-refractivity contribution is 5.90. The minimum Gasteiger partial charge on any atom is -0.369 e. The van der Waals surface area contributed by atoms with E-state index in [1.807, 2.05) is 0 Å². The Kier molecular flexibility index (Phi) is 6.11. The van der Waals surface area contributed by atoms with E-state index in [-0.39, 0.29) is 11.9 Å². The number of unbranched alkanes of at least 4 members (excludes halogenated alkanes) is 1. The van der Waals surface area contributed by atoms with Crippen LogP contribution in [-0.4, -0.2) is 68.7 Å². The van der Waals surface area contributed by atoms with Crippen LogP contribution < -0.4 is 20.9 Å². The second kappa shape index (κ2) is 8.71. The Labute approximate surface area is 148 Å². The molecule has 1 atom stereocenters. The first kappa shape index (κ1) is 17.5. The average Bonchev–Trinajstić information content (AvgIpc) is 3.09. The molecule has 2 fully saturated rings. The number of hydrogen-bond acceptors (Lipinski definition) is 4. The molecule has 1 aromatic rings. The molecule has 1 aromatic carbocycles. The van der Waals surface area contributed by atoms with E-state index in [9.17, 15) is 9.59 Å². The normalized spacial score (nSPS) is 20.9. The summed E-state index contributed by atoms with van der Waals surface area (Å²) >= 11 is 0. The van der Waals surface area contributed by atoms with E-state index in [0.717, 1.165) is 45.6 Å². The van der Waals surface area contributed by atoms with Crippen LogP contribution in [0.1, 0.15) is 12.8 Å². The van der Waals surface area contributed by atoms with E-state index in [1.165, 1.54) is 5.69 Å². The molecule has 0 radical (unpaired) electrons. The molecule has 2 aliphatic rings. The van der Waals surface area contributed by atoms with E-state index in [0.29, 0.717) is 13.1 Å². The number of amides is 3. The maximum absolute atomic E-state index is 11.8. The summed E-state index contributed by atoms with van der Waals surface area (Å²) in [5.41, 5.74) is 1.30. The quantitative estimate of drug-likeness (QED) is 0.625. The van der Waals surface area contributed by atoms with Gasteiger partial charge in [0, 0.05) is 45.0 Å². The van der Waals surface area contributed by atoms with Gasteiger partial charge in [-0.15, -0.1) is 0 Å². The number of carbonyl (C=O) groups is 2. The van der Waals surface area contributed by atoms with Gasteiger partial charge >= 0.3 is 6.03 Å². The van der Waals surface area contributed by atoms with Crippen molar-refractivity contribution in [1.29, 1.82) is 0 Å². The molecule has 3 N–H and O–H groups in total. The molecule has 2 heterocycles. The van der Waals surface area contributed by atoms with Crippen molar-refractivity contribution in [2.24, 2.45) is 0 Å². The van der Waals surface area contributed by atoms with Crippen LogP contribution in [-0.2, 0) is 4.79 Å². The smallest absolute Gasteiger partial charge is 0.315 e. The lowest BCUT2D eigenvalue weighted by molar-refractivity contribution is -0.122. The number of carbonyl (C=O) groups excluding carboxylic acids is 2. The van der Waals surface area contributed by atoms with Gasteiger partial charge in [0.15, 0.2) is 0 Å². The molecule has 0 saturated carbocycles. The van der Waals surface area contributed by atoms with Gasteiger partial charge in [-0.1, -0.05) is 18.2 Å². The lowest BCUT2D eigenvalue weighted by Gasteiger charge is -2.36. The van der Waals surface area contributed by atoms with Crippen molar-refractivity contribution < 1.29 is 9.59 Å². The van der Waals surface area contributed by atoms with Gasteiger partial charge in [0.2, 0.25) is 5.91 Å². The van der Waals surface area contributed by atoms with Crippen LogP contribution in [0.2, 0.25) is 0 Å². The molecule has 0 bridgehead atoms. The Bertz CT molecular complexity index is 572. The number of piperazine rings is 1. The number of nitrogens with one attached hydrogen (secondary N) is 3. The average molecular weight is 345 g/mol. The number of nitrogens with zero attached hydrogens (tertiary/aromatic N) is 2. The van der Waals surface area contributed by atoms with E-state index in [4.69, 9.17) is 0 Å². The largest absolute Gasteiger partial charge is 0.369 e. The summed E-state index contributed by atoms with van der Waals surface area (Å²) in [7, 11) is 0. The summed E-state index contributed by atoms with van der Waals surface area (Å²) < 4.78 is 0. The Morgan fingerprint density at radius 1 is 1.12 bits per heavy atom. The van der Waals surface area contributed by atoms with Gasteiger partial charge in [-0.2, -0.15) is 0 Å². The Balaban J connectivity index is 1.25. The zero-order valence-corrected chi connectivity index (χ0v) is 14.5. The van der Waals surface area contributed by atoms with Gasteiger partial charge in [0.05, 0.1) is 0 Å². The molecule has 3 rings (SSSR count). The van der Waals surface area contributed by atoms with Gasteiger partial charge in [0.25, 0.3) is 0 Å². The highest BCUT2D eigenvalue weighted by Gasteiger charge is 2.26. The van der Waals surface area contributed by atoms with Crippen LogP contribution in [0.5, 0.6) is 0 Å². The highest BCUT2D eigenvalue weighted by atomic mass is 16.2. The van der Waals surface area contributed by atoms with Crippen LogP contribution in [0, 0.1) is 0 Å². The van der Waals surface area contributed by atoms with Crippen LogP contribution in [0.4, 0.5) is 10.5 Å². The third kappa shape index (κ3) is 5.09. The number of para-hydroxylation sites is 1. The number of hydrogen-bond donors (Lipinski definition) is 3. The Hall–Kier alpha value is -2.28. The van der Waals surface area contributed by atoms with Crippen molar-refractivity contribution in [3.63, 3.8) is 0 Å². The summed E-state index contributed by atoms with van der Waals surface area (Å²) in [6, 6.07) is 9.86. The summed E-state index contributed by atoms with van der Waals surface area (Å²) in [6.07, 6.45) is 2.03. The van der Waals surface area contributed by atoms with Crippen LogP contribution in [0.15, 0.2) is 30.3 Å². The van der Waals surface area contributed by atoms with Gasteiger partial charge < -0.3 is 20.9 Å². The molecule has 1 unspecified atom stereocenters. The van der Waals surface area contributed by atoms with Crippen molar-refractivity contribution in [2.75, 3.05) is 50.7 Å². The van der Waals surface area contributed by atoms with E-state index in [2.05, 4.69) is 56.1 Å². The molecule has 25 heavy (non-hydrogen) atoms. The molecule has 0 aromatic heterocycles. The SMILES string of the molecule is O=C1NCC(C(=O)NCCCCN2CCN(c3ccccc3)CC2)N1. The molecule has 7 nitrogen and oxygen atoms in total. The van der Waals surface area contributed by atoms with E-state index >= 15 is 0 Å². The summed E-state index contributed by atoms with van der Waals surface area (Å²) in [4.78, 5) is 27.8. The summed E-state index contributed by atoms with van der Waals surface area (Å²) in [5, 5.41) is 8.07. The fraction of sp³-hybridized carbons (Fsp3) is 0.556. The third-order valence-electron chi connectivity index (χ3n) is 4.78. The number of rotatable bonds is 7. The topological polar surface area (TPSA) is 76.7 Å². The maximum atomic E-state index is 11.8. The molecular formula is C18H27N5O2. The summed E-state index contributed by atoms with van der Waals surface area (Å²) in [6.45, 7) is 6.40. The Morgan fingerprint density at radius 2 is 1.88 bits per heavy atom. The van der Waals surface area contributed by atoms with Crippen molar-refractivity contribution >= 4 is 17.6 Å². The third-order valence-corrected chi connectivity index (χ3v) is 4.78. The number of benzene rings is 1. The predicted octanol–water partition coefficient (Wildman–Crippen LogP) is 0.386. The molecule has 7 heteroatoms. The monoisotopic (exact) mass is 345 g/mol. The first-order chi connectivity index (χ1) is 12.2. The minimum atomic E-state index is -0.432. The fourth-order valence-electron chi connectivity index (χ4n) is 3.28. The Morgan fingerprint density at radius 3 is 2.56 bits per heavy atom. The number of anilines is 1. The second-order valence-electron chi connectivity index (χ2n) is 6.57. The van der Waals surface area contributed by atoms with Crippen LogP contribution >= 0.6 is 0 Å². The molecule has 0 spiro atoms.